The second-order valence-electron chi connectivity index (χ2n) is 2.77. The van der Waals surface area contributed by atoms with Crippen LogP contribution in [-0.2, 0) is 6.18 Å². The number of halogens is 5. The molecule has 0 radical (unpaired) electrons. The maximum Gasteiger partial charge on any atom is 0.418 e. The van der Waals surface area contributed by atoms with Crippen molar-refractivity contribution in [3.05, 3.63) is 28.3 Å². The lowest BCUT2D eigenvalue weighted by atomic mass is 10.1. The molecule has 0 fully saturated rings. The molecule has 0 saturated heterocycles. The minimum Gasteiger partial charge on any atom is -0.496 e. The topological polar surface area (TPSA) is 26.3 Å². The zero-order valence-electron chi connectivity index (χ0n) is 7.86. The van der Waals surface area contributed by atoms with E-state index < -0.39 is 27.6 Å². The molecule has 0 amide bonds. The van der Waals surface area contributed by atoms with Gasteiger partial charge in [-0.3, -0.25) is 4.79 Å². The van der Waals surface area contributed by atoms with E-state index in [1.165, 1.54) is 0 Å². The van der Waals surface area contributed by atoms with Gasteiger partial charge in [0.15, 0.2) is 0 Å². The average molecular weight is 273 g/mol. The Morgan fingerprint density at radius 2 is 1.94 bits per heavy atom. The van der Waals surface area contributed by atoms with Gasteiger partial charge in [0.25, 0.3) is 5.24 Å². The Bertz CT molecular complexity index is 429. The first kappa shape index (κ1) is 13.1. The highest BCUT2D eigenvalue weighted by Crippen LogP contribution is 2.41. The van der Waals surface area contributed by atoms with Gasteiger partial charge in [-0.2, -0.15) is 13.2 Å². The van der Waals surface area contributed by atoms with E-state index in [2.05, 4.69) is 4.74 Å². The summed E-state index contributed by atoms with van der Waals surface area (Å²) in [5, 5.41) is -1.87. The molecule has 1 aromatic carbocycles. The molecule has 0 spiro atoms. The van der Waals surface area contributed by atoms with Crippen molar-refractivity contribution in [1.29, 1.82) is 0 Å². The molecule has 0 heterocycles. The predicted molar refractivity (Wildman–Crippen MR) is 53.2 cm³/mol. The Kier molecular flexibility index (Phi) is 3.70. The zero-order chi connectivity index (χ0) is 12.5. The molecule has 0 unspecified atom stereocenters. The summed E-state index contributed by atoms with van der Waals surface area (Å²) in [6.07, 6.45) is -4.77. The molecule has 88 valence electrons. The molecule has 1 rings (SSSR count). The smallest absolute Gasteiger partial charge is 0.418 e. The summed E-state index contributed by atoms with van der Waals surface area (Å²) in [4.78, 5) is 11.0. The van der Waals surface area contributed by atoms with Crippen LogP contribution in [0.2, 0.25) is 5.02 Å². The van der Waals surface area contributed by atoms with Gasteiger partial charge in [0.2, 0.25) is 0 Å². The summed E-state index contributed by atoms with van der Waals surface area (Å²) in [7, 11) is 1.13. The second-order valence-corrected chi connectivity index (χ2v) is 3.52. The molecule has 7 heteroatoms. The maximum absolute atomic E-state index is 12.6. The van der Waals surface area contributed by atoms with Crippen LogP contribution in [0.1, 0.15) is 15.9 Å². The average Bonchev–Trinajstić information content (AvgIpc) is 2.15. The van der Waals surface area contributed by atoms with Crippen LogP contribution >= 0.6 is 23.2 Å². The standard InChI is InChI=1S/C9H5Cl2F3O2/c1-16-5-3-2-4(10)7(9(12,13)14)6(5)8(11)15/h2-3H,1H3. The fourth-order valence-corrected chi connectivity index (χ4v) is 1.65. The molecule has 16 heavy (non-hydrogen) atoms. The van der Waals surface area contributed by atoms with Crippen LogP contribution in [0.25, 0.3) is 0 Å². The van der Waals surface area contributed by atoms with Gasteiger partial charge < -0.3 is 4.74 Å². The highest BCUT2D eigenvalue weighted by atomic mass is 35.5. The maximum atomic E-state index is 12.6. The van der Waals surface area contributed by atoms with Crippen LogP contribution in [-0.4, -0.2) is 12.4 Å². The van der Waals surface area contributed by atoms with Crippen LogP contribution in [0, 0.1) is 0 Å². The lowest BCUT2D eigenvalue weighted by Crippen LogP contribution is -2.13. The van der Waals surface area contributed by atoms with Crippen molar-refractivity contribution < 1.29 is 22.7 Å². The number of methoxy groups -OCH3 is 1. The number of rotatable bonds is 2. The lowest BCUT2D eigenvalue weighted by Gasteiger charge is -2.14. The number of carbonyl (C=O) groups is 1. The van der Waals surface area contributed by atoms with Gasteiger partial charge in [-0.15, -0.1) is 0 Å². The summed E-state index contributed by atoms with van der Waals surface area (Å²) in [6, 6.07) is 2.14. The van der Waals surface area contributed by atoms with Crippen LogP contribution in [0.3, 0.4) is 0 Å². The van der Waals surface area contributed by atoms with Gasteiger partial charge in [-0.25, -0.2) is 0 Å². The van der Waals surface area contributed by atoms with Gasteiger partial charge in [-0.05, 0) is 23.7 Å². The van der Waals surface area contributed by atoms with E-state index in [1.54, 1.807) is 0 Å². The summed E-state index contributed by atoms with van der Waals surface area (Å²) < 4.78 is 42.5. The SMILES string of the molecule is COc1ccc(Cl)c(C(F)(F)F)c1C(=O)Cl. The second kappa shape index (κ2) is 4.51. The van der Waals surface area contributed by atoms with Crippen molar-refractivity contribution >= 4 is 28.4 Å². The van der Waals surface area contributed by atoms with E-state index in [1.807, 2.05) is 0 Å². The summed E-state index contributed by atoms with van der Waals surface area (Å²) >= 11 is 10.5. The first-order valence-electron chi connectivity index (χ1n) is 3.92. The van der Waals surface area contributed by atoms with Crippen LogP contribution in [0.15, 0.2) is 12.1 Å². The number of benzene rings is 1. The first-order chi connectivity index (χ1) is 7.29. The largest absolute Gasteiger partial charge is 0.496 e. The first-order valence-corrected chi connectivity index (χ1v) is 4.68. The van der Waals surface area contributed by atoms with Gasteiger partial charge >= 0.3 is 6.18 Å². The summed E-state index contributed by atoms with van der Waals surface area (Å²) in [5.41, 5.74) is -2.06. The molecule has 2 nitrogen and oxygen atoms in total. The molecule has 0 N–H and O–H groups in total. The van der Waals surface area contributed by atoms with Crippen molar-refractivity contribution in [2.75, 3.05) is 7.11 Å². The number of hydrogen-bond acceptors (Lipinski definition) is 2. The molecule has 0 saturated carbocycles. The van der Waals surface area contributed by atoms with Crippen molar-refractivity contribution in [1.82, 2.24) is 0 Å². The highest BCUT2D eigenvalue weighted by Gasteiger charge is 2.39. The molecule has 0 bridgehead atoms. The van der Waals surface area contributed by atoms with E-state index in [-0.39, 0.29) is 5.75 Å². The van der Waals surface area contributed by atoms with Crippen LogP contribution < -0.4 is 4.74 Å². The fraction of sp³-hybridized carbons (Fsp3) is 0.222. The van der Waals surface area contributed by atoms with Crippen LogP contribution in [0.5, 0.6) is 5.75 Å². The Balaban J connectivity index is 3.62. The van der Waals surface area contributed by atoms with E-state index in [9.17, 15) is 18.0 Å². The van der Waals surface area contributed by atoms with E-state index in [0.717, 1.165) is 19.2 Å². The monoisotopic (exact) mass is 272 g/mol. The molecular formula is C9H5Cl2F3O2. The van der Waals surface area contributed by atoms with E-state index >= 15 is 0 Å². The lowest BCUT2D eigenvalue weighted by molar-refractivity contribution is -0.137. The van der Waals surface area contributed by atoms with Gasteiger partial charge in [0.05, 0.1) is 23.3 Å². The Labute approximate surface area is 98.9 Å². The molecule has 0 atom stereocenters. The Morgan fingerprint density at radius 1 is 1.38 bits per heavy atom. The number of carbonyl (C=O) groups excluding carboxylic acids is 1. The zero-order valence-corrected chi connectivity index (χ0v) is 9.37. The van der Waals surface area contributed by atoms with E-state index in [0.29, 0.717) is 0 Å². The van der Waals surface area contributed by atoms with Gasteiger partial charge in [0.1, 0.15) is 5.75 Å². The van der Waals surface area contributed by atoms with Crippen LogP contribution in [0.4, 0.5) is 13.2 Å². The highest BCUT2D eigenvalue weighted by molar-refractivity contribution is 6.68. The molecule has 0 aliphatic carbocycles. The van der Waals surface area contributed by atoms with Crippen molar-refractivity contribution in [2.24, 2.45) is 0 Å². The van der Waals surface area contributed by atoms with E-state index in [4.69, 9.17) is 23.2 Å². The third kappa shape index (κ3) is 2.41. The molecule has 0 aliphatic heterocycles. The Morgan fingerprint density at radius 3 is 2.31 bits per heavy atom. The molecular weight excluding hydrogens is 268 g/mol. The quantitative estimate of drug-likeness (QED) is 0.767. The number of ether oxygens (including phenoxy) is 1. The van der Waals surface area contributed by atoms with Gasteiger partial charge in [-0.1, -0.05) is 11.6 Å². The number of alkyl halides is 3. The predicted octanol–water partition coefficient (Wildman–Crippen LogP) is 3.75. The molecule has 0 aromatic heterocycles. The third-order valence-corrected chi connectivity index (χ3v) is 2.32. The fourth-order valence-electron chi connectivity index (χ4n) is 1.20. The minimum absolute atomic E-state index is 0.267. The third-order valence-electron chi connectivity index (χ3n) is 1.82. The normalized spacial score (nSPS) is 11.4. The summed E-state index contributed by atoms with van der Waals surface area (Å²) in [5.74, 6) is -0.267. The van der Waals surface area contributed by atoms with Gasteiger partial charge in [0, 0.05) is 0 Å². The summed E-state index contributed by atoms with van der Waals surface area (Å²) in [6.45, 7) is 0. The minimum atomic E-state index is -4.77. The Hall–Kier alpha value is -0.940. The van der Waals surface area contributed by atoms with Crippen molar-refractivity contribution in [2.45, 2.75) is 6.18 Å². The van der Waals surface area contributed by atoms with Crippen molar-refractivity contribution in [3.63, 3.8) is 0 Å². The molecule has 0 aliphatic rings. The number of hydrogen-bond donors (Lipinski definition) is 0. The molecule has 1 aromatic rings. The van der Waals surface area contributed by atoms with Crippen molar-refractivity contribution in [3.8, 4) is 5.75 Å².